The molecule has 0 aliphatic carbocycles. The Bertz CT molecular complexity index is 1510. The van der Waals surface area contributed by atoms with E-state index in [4.69, 9.17) is 0 Å². The summed E-state index contributed by atoms with van der Waals surface area (Å²) < 4.78 is 84.7. The van der Waals surface area contributed by atoms with Gasteiger partial charge in [0.2, 0.25) is 0 Å². The lowest BCUT2D eigenvalue weighted by atomic mass is 9.99. The normalized spacial score (nSPS) is 11.0. The zero-order valence-electron chi connectivity index (χ0n) is 20.2. The number of unbranched alkanes of at least 4 members (excludes halogenated alkanes) is 4. The van der Waals surface area contributed by atoms with Gasteiger partial charge in [-0.2, -0.15) is 0 Å². The first kappa shape index (κ1) is 26.3. The number of aryl methyl sites for hydroxylation is 1. The van der Waals surface area contributed by atoms with E-state index >= 15 is 0 Å². The molecule has 0 atom stereocenters. The molecule has 0 amide bonds. The maximum absolute atomic E-state index is 14.8. The summed E-state index contributed by atoms with van der Waals surface area (Å²) in [5.74, 6) is -1.99. The summed E-state index contributed by atoms with van der Waals surface area (Å²) in [6, 6.07) is 11.8. The summed E-state index contributed by atoms with van der Waals surface area (Å²) in [4.78, 5) is 0. The Morgan fingerprint density at radius 3 is 2.14 bits per heavy atom. The average molecular weight is 511 g/mol. The highest BCUT2D eigenvalue weighted by Gasteiger charge is 2.17. The maximum Gasteiger partial charge on any atom is 0.195 e. The second kappa shape index (κ2) is 11.6. The fourth-order valence-electron chi connectivity index (χ4n) is 4.26. The maximum atomic E-state index is 14.8. The van der Waals surface area contributed by atoms with Gasteiger partial charge in [-0.15, -0.1) is 0 Å². The Hall–Kier alpha value is -3.72. The molecule has 0 radical (unpaired) electrons. The van der Waals surface area contributed by atoms with Gasteiger partial charge in [-0.05, 0) is 65.8 Å². The first-order valence-electron chi connectivity index (χ1n) is 12.2. The van der Waals surface area contributed by atoms with Gasteiger partial charge in [-0.1, -0.05) is 62.6 Å². The van der Waals surface area contributed by atoms with E-state index in [0.717, 1.165) is 37.3 Å². The lowest BCUT2D eigenvalue weighted by molar-refractivity contribution is 0.451. The number of benzene rings is 4. The van der Waals surface area contributed by atoms with Crippen LogP contribution in [0.15, 0.2) is 54.6 Å². The molecule has 0 saturated carbocycles. The van der Waals surface area contributed by atoms with Gasteiger partial charge in [0.1, 0.15) is 17.5 Å². The summed E-state index contributed by atoms with van der Waals surface area (Å²) in [7, 11) is 0. The van der Waals surface area contributed by atoms with Crippen LogP contribution in [0, 0.1) is 46.7 Å². The number of halogens is 6. The van der Waals surface area contributed by atoms with Gasteiger partial charge in [-0.25, -0.2) is 26.3 Å². The van der Waals surface area contributed by atoms with Crippen molar-refractivity contribution in [3.63, 3.8) is 0 Å². The first-order chi connectivity index (χ1) is 17.8. The summed E-state index contributed by atoms with van der Waals surface area (Å²) in [6.45, 7) is 2.15. The van der Waals surface area contributed by atoms with Crippen LogP contribution < -0.4 is 0 Å². The number of hydrogen-bond donors (Lipinski definition) is 0. The van der Waals surface area contributed by atoms with Gasteiger partial charge in [0.05, 0.1) is 10.9 Å². The SMILES string of the molecule is CCCCCCCc1ccc(-c2ccc(C#Cc3cc(F)c4c(F)c(F)c(F)cc4c3)c(F)c2)c(F)c1. The predicted octanol–water partition coefficient (Wildman–Crippen LogP) is 9.25. The van der Waals surface area contributed by atoms with E-state index in [0.29, 0.717) is 11.6 Å². The van der Waals surface area contributed by atoms with Gasteiger partial charge in [0.15, 0.2) is 17.5 Å². The zero-order valence-corrected chi connectivity index (χ0v) is 20.2. The first-order valence-corrected chi connectivity index (χ1v) is 12.2. The minimum atomic E-state index is -1.76. The topological polar surface area (TPSA) is 0 Å². The van der Waals surface area contributed by atoms with E-state index in [1.165, 1.54) is 43.2 Å². The minimum Gasteiger partial charge on any atom is -0.206 e. The van der Waals surface area contributed by atoms with Gasteiger partial charge in [0, 0.05) is 11.1 Å². The molecule has 37 heavy (non-hydrogen) atoms. The molecule has 0 nitrogen and oxygen atoms in total. The molecule has 0 spiro atoms. The fraction of sp³-hybridized carbons (Fsp3) is 0.226. The second-order valence-corrected chi connectivity index (χ2v) is 8.97. The van der Waals surface area contributed by atoms with Crippen LogP contribution in [0.3, 0.4) is 0 Å². The minimum absolute atomic E-state index is 0.0233. The van der Waals surface area contributed by atoms with E-state index in [1.807, 2.05) is 6.07 Å². The van der Waals surface area contributed by atoms with E-state index in [2.05, 4.69) is 18.8 Å². The molecule has 0 N–H and O–H groups in total. The quantitative estimate of drug-likeness (QED) is 0.101. The summed E-state index contributed by atoms with van der Waals surface area (Å²) in [6.07, 6.45) is 6.40. The van der Waals surface area contributed by atoms with Crippen molar-refractivity contribution in [1.29, 1.82) is 0 Å². The second-order valence-electron chi connectivity index (χ2n) is 8.97. The molecular formula is C31H24F6. The molecule has 0 fully saturated rings. The smallest absolute Gasteiger partial charge is 0.195 e. The molecule has 0 unspecified atom stereocenters. The Morgan fingerprint density at radius 2 is 1.41 bits per heavy atom. The molecule has 0 aliphatic heterocycles. The highest BCUT2D eigenvalue weighted by Crippen LogP contribution is 2.28. The van der Waals surface area contributed by atoms with Crippen molar-refractivity contribution in [1.82, 2.24) is 0 Å². The van der Waals surface area contributed by atoms with Crippen LogP contribution >= 0.6 is 0 Å². The van der Waals surface area contributed by atoms with Crippen LogP contribution in [0.1, 0.15) is 55.7 Å². The summed E-state index contributed by atoms with van der Waals surface area (Å²) >= 11 is 0. The van der Waals surface area contributed by atoms with Crippen molar-refractivity contribution < 1.29 is 26.3 Å². The average Bonchev–Trinajstić information content (AvgIpc) is 2.86. The highest BCUT2D eigenvalue weighted by molar-refractivity contribution is 5.85. The van der Waals surface area contributed by atoms with Crippen molar-refractivity contribution in [2.75, 3.05) is 0 Å². The summed E-state index contributed by atoms with van der Waals surface area (Å²) in [5.41, 5.74) is 1.51. The molecule has 0 heterocycles. The molecular weight excluding hydrogens is 486 g/mol. The monoisotopic (exact) mass is 510 g/mol. The molecule has 190 valence electrons. The summed E-state index contributed by atoms with van der Waals surface area (Å²) in [5, 5.41) is -0.902. The number of rotatable bonds is 7. The molecule has 4 rings (SSSR count). The fourth-order valence-corrected chi connectivity index (χ4v) is 4.26. The standard InChI is InChI=1S/C31H24F6/c1-2-3-4-5-6-7-19-9-13-24(26(33)15-19)22-12-11-21(25(32)17-22)10-8-20-14-23-18-28(35)30(36)31(37)29(23)27(34)16-20/h9,11-18H,2-7H2,1H3. The van der Waals surface area contributed by atoms with E-state index in [-0.39, 0.29) is 22.1 Å². The Morgan fingerprint density at radius 1 is 0.622 bits per heavy atom. The largest absolute Gasteiger partial charge is 0.206 e. The van der Waals surface area contributed by atoms with E-state index in [1.54, 1.807) is 6.07 Å². The third-order valence-corrected chi connectivity index (χ3v) is 6.25. The van der Waals surface area contributed by atoms with Crippen LogP contribution in [0.25, 0.3) is 21.9 Å². The van der Waals surface area contributed by atoms with Crippen LogP contribution in [-0.2, 0) is 6.42 Å². The Balaban J connectivity index is 1.54. The molecule has 6 heteroatoms. The highest BCUT2D eigenvalue weighted by atomic mass is 19.2. The molecule has 4 aromatic rings. The van der Waals surface area contributed by atoms with Crippen molar-refractivity contribution >= 4 is 10.8 Å². The molecule has 0 bridgehead atoms. The lowest BCUT2D eigenvalue weighted by Gasteiger charge is -2.08. The van der Waals surface area contributed by atoms with Crippen LogP contribution in [0.4, 0.5) is 26.3 Å². The van der Waals surface area contributed by atoms with Gasteiger partial charge < -0.3 is 0 Å². The molecule has 0 saturated heterocycles. The van der Waals surface area contributed by atoms with E-state index in [9.17, 15) is 26.3 Å². The van der Waals surface area contributed by atoms with Gasteiger partial charge >= 0.3 is 0 Å². The molecule has 0 aromatic heterocycles. The number of fused-ring (bicyclic) bond motifs is 1. The van der Waals surface area contributed by atoms with Crippen molar-refractivity contribution in [2.45, 2.75) is 45.4 Å². The Kier molecular flexibility index (Phi) is 8.23. The van der Waals surface area contributed by atoms with Gasteiger partial charge in [0.25, 0.3) is 0 Å². The van der Waals surface area contributed by atoms with Crippen molar-refractivity contribution in [3.8, 4) is 23.0 Å². The van der Waals surface area contributed by atoms with Crippen molar-refractivity contribution in [3.05, 3.63) is 106 Å². The van der Waals surface area contributed by atoms with Crippen LogP contribution in [-0.4, -0.2) is 0 Å². The number of hydrogen-bond acceptors (Lipinski definition) is 0. The third-order valence-electron chi connectivity index (χ3n) is 6.25. The van der Waals surface area contributed by atoms with Crippen molar-refractivity contribution in [2.24, 2.45) is 0 Å². The third kappa shape index (κ3) is 5.99. The van der Waals surface area contributed by atoms with Gasteiger partial charge in [-0.3, -0.25) is 0 Å². The molecule has 0 aliphatic rings. The molecule has 4 aromatic carbocycles. The lowest BCUT2D eigenvalue weighted by Crippen LogP contribution is -1.95. The zero-order chi connectivity index (χ0) is 26.5. The van der Waals surface area contributed by atoms with E-state index < -0.39 is 40.3 Å². The van der Waals surface area contributed by atoms with Crippen LogP contribution in [0.5, 0.6) is 0 Å². The van der Waals surface area contributed by atoms with Crippen LogP contribution in [0.2, 0.25) is 0 Å². The predicted molar refractivity (Wildman–Crippen MR) is 134 cm³/mol. The Labute approximate surface area is 212 Å².